The van der Waals surface area contributed by atoms with E-state index in [1.165, 1.54) is 12.1 Å². The van der Waals surface area contributed by atoms with Crippen molar-refractivity contribution in [2.45, 2.75) is 11.9 Å². The van der Waals surface area contributed by atoms with Crippen molar-refractivity contribution in [2.24, 2.45) is 0 Å². The van der Waals surface area contributed by atoms with E-state index >= 15 is 0 Å². The van der Waals surface area contributed by atoms with Gasteiger partial charge in [0.25, 0.3) is 0 Å². The predicted octanol–water partition coefficient (Wildman–Crippen LogP) is 4.30. The lowest BCUT2D eigenvalue weighted by atomic mass is 10.2. The summed E-state index contributed by atoms with van der Waals surface area (Å²) in [5.74, 6) is -0.255. The summed E-state index contributed by atoms with van der Waals surface area (Å²) in [4.78, 5) is 0. The maximum atomic E-state index is 13.7. The molecule has 0 saturated heterocycles. The van der Waals surface area contributed by atoms with Crippen molar-refractivity contribution in [1.29, 1.82) is 0 Å². The summed E-state index contributed by atoms with van der Waals surface area (Å²) in [6.45, 7) is 0.348. The molecule has 0 aliphatic rings. The van der Waals surface area contributed by atoms with Gasteiger partial charge in [-0.15, -0.1) is 0 Å². The van der Waals surface area contributed by atoms with Crippen molar-refractivity contribution >= 4 is 15.9 Å². The fourth-order valence-corrected chi connectivity index (χ4v) is 1.72. The third-order valence-corrected chi connectivity index (χ3v) is 2.72. The number of benzene rings is 2. The summed E-state index contributed by atoms with van der Waals surface area (Å²) in [6.07, 6.45) is 0. The first kappa shape index (κ1) is 9.66. The number of halogens is 2. The van der Waals surface area contributed by atoms with Gasteiger partial charge in [0.1, 0.15) is 18.2 Å². The first-order valence-corrected chi connectivity index (χ1v) is 5.92. The second-order valence-corrected chi connectivity index (χ2v) is 3.91. The van der Waals surface area contributed by atoms with Crippen LogP contribution in [0.1, 0.15) is 13.9 Å². The van der Waals surface area contributed by atoms with Crippen LogP contribution in [0.2, 0.25) is 0 Å². The average molecular weight is 297 g/mol. The molecule has 0 N–H and O–H groups in total. The molecule has 0 aromatic heterocycles. The summed E-state index contributed by atoms with van der Waals surface area (Å²) < 4.78 is 34.0. The van der Waals surface area contributed by atoms with Crippen molar-refractivity contribution in [3.8, 4) is 5.75 Å². The number of hydrogen-bond acceptors (Lipinski definition) is 1. The van der Waals surface area contributed by atoms with E-state index in [0.29, 0.717) is 12.4 Å². The summed E-state index contributed by atoms with van der Waals surface area (Å²) in [7, 11) is 0. The fraction of sp³-hybridized carbons (Fsp3) is 0.143. The van der Waals surface area contributed by atoms with E-state index in [1.807, 2.05) is 30.3 Å². The molecular weight excluding hydrogens is 283 g/mol. The SMILES string of the molecule is [2H]C([2H])(Br)c1ccc(OCc2ccccc2)cc1F. The van der Waals surface area contributed by atoms with E-state index in [0.717, 1.165) is 5.56 Å². The maximum absolute atomic E-state index is 13.7. The van der Waals surface area contributed by atoms with Gasteiger partial charge in [0.2, 0.25) is 0 Å². The lowest BCUT2D eigenvalue weighted by Gasteiger charge is -2.07. The molecule has 88 valence electrons. The number of rotatable bonds is 4. The van der Waals surface area contributed by atoms with Gasteiger partial charge in [-0.05, 0) is 17.2 Å². The van der Waals surface area contributed by atoms with Gasteiger partial charge in [0, 0.05) is 14.1 Å². The van der Waals surface area contributed by atoms with Crippen LogP contribution in [0.3, 0.4) is 0 Å². The Morgan fingerprint density at radius 2 is 1.94 bits per heavy atom. The second kappa shape index (κ2) is 5.82. The van der Waals surface area contributed by atoms with Crippen LogP contribution in [0, 0.1) is 5.82 Å². The quantitative estimate of drug-likeness (QED) is 0.765. The van der Waals surface area contributed by atoms with E-state index in [4.69, 9.17) is 7.48 Å². The van der Waals surface area contributed by atoms with Gasteiger partial charge in [-0.3, -0.25) is 0 Å². The van der Waals surface area contributed by atoms with E-state index in [9.17, 15) is 4.39 Å². The number of ether oxygens (including phenoxy) is 1. The van der Waals surface area contributed by atoms with Crippen LogP contribution in [-0.2, 0) is 11.9 Å². The lowest BCUT2D eigenvalue weighted by Crippen LogP contribution is -1.96. The molecule has 0 spiro atoms. The Balaban J connectivity index is 2.09. The van der Waals surface area contributed by atoms with Gasteiger partial charge in [0.15, 0.2) is 0 Å². The Labute approximate surface area is 111 Å². The molecule has 3 heteroatoms. The van der Waals surface area contributed by atoms with Gasteiger partial charge in [-0.2, -0.15) is 0 Å². The van der Waals surface area contributed by atoms with Crippen molar-refractivity contribution in [3.63, 3.8) is 0 Å². The smallest absolute Gasteiger partial charge is 0.130 e. The molecule has 0 aliphatic heterocycles. The van der Waals surface area contributed by atoms with Crippen molar-refractivity contribution in [3.05, 3.63) is 65.5 Å². The molecule has 0 heterocycles. The molecular formula is C14H12BrFO. The van der Waals surface area contributed by atoms with Crippen LogP contribution >= 0.6 is 15.9 Å². The lowest BCUT2D eigenvalue weighted by molar-refractivity contribution is 0.304. The van der Waals surface area contributed by atoms with Crippen LogP contribution in [0.25, 0.3) is 0 Å². The highest BCUT2D eigenvalue weighted by Gasteiger charge is 2.03. The highest BCUT2D eigenvalue weighted by molar-refractivity contribution is 9.08. The monoisotopic (exact) mass is 296 g/mol. The molecule has 0 fully saturated rings. The standard InChI is InChI=1S/C14H12BrFO/c15-9-12-6-7-13(8-14(12)16)17-10-11-4-2-1-3-5-11/h1-8H,9-10H2/i9D2. The maximum Gasteiger partial charge on any atom is 0.130 e. The molecule has 0 amide bonds. The van der Waals surface area contributed by atoms with Crippen LogP contribution < -0.4 is 4.74 Å². The summed E-state index contributed by atoms with van der Waals surface area (Å²) in [6, 6.07) is 13.7. The van der Waals surface area contributed by atoms with Gasteiger partial charge in [-0.25, -0.2) is 4.39 Å². The fourth-order valence-electron chi connectivity index (χ4n) is 1.40. The minimum atomic E-state index is -1.88. The minimum Gasteiger partial charge on any atom is -0.489 e. The predicted molar refractivity (Wildman–Crippen MR) is 69.8 cm³/mol. The molecule has 0 saturated carbocycles. The van der Waals surface area contributed by atoms with Gasteiger partial charge < -0.3 is 4.74 Å². The molecule has 0 unspecified atom stereocenters. The zero-order valence-corrected chi connectivity index (χ0v) is 10.6. The largest absolute Gasteiger partial charge is 0.489 e. The zero-order chi connectivity index (χ0) is 13.9. The van der Waals surface area contributed by atoms with E-state index in [2.05, 4.69) is 15.9 Å². The Morgan fingerprint density at radius 3 is 2.59 bits per heavy atom. The van der Waals surface area contributed by atoms with E-state index in [1.54, 1.807) is 6.07 Å². The Morgan fingerprint density at radius 1 is 1.18 bits per heavy atom. The summed E-state index contributed by atoms with van der Waals surface area (Å²) >= 11 is 2.79. The molecule has 0 bridgehead atoms. The van der Waals surface area contributed by atoms with Crippen LogP contribution in [0.15, 0.2) is 48.5 Å². The molecule has 1 nitrogen and oxygen atoms in total. The molecule has 0 aliphatic carbocycles. The summed E-state index contributed by atoms with van der Waals surface area (Å²) in [5, 5.41) is -1.88. The molecule has 17 heavy (non-hydrogen) atoms. The molecule has 2 aromatic carbocycles. The molecule has 2 aromatic rings. The molecule has 0 radical (unpaired) electrons. The minimum absolute atomic E-state index is 0.0421. The first-order chi connectivity index (χ1) is 8.97. The molecule has 0 atom stereocenters. The van der Waals surface area contributed by atoms with Crippen molar-refractivity contribution < 1.29 is 11.9 Å². The summed E-state index contributed by atoms with van der Waals surface area (Å²) in [5.41, 5.74) is 0.947. The van der Waals surface area contributed by atoms with E-state index in [-0.39, 0.29) is 5.56 Å². The Kier molecular flexibility index (Phi) is 3.31. The zero-order valence-electron chi connectivity index (χ0n) is 11.0. The highest BCUT2D eigenvalue weighted by atomic mass is 79.9. The average Bonchev–Trinajstić information content (AvgIpc) is 2.36. The number of alkyl halides is 1. The Bertz CT molecular complexity index is 555. The van der Waals surface area contributed by atoms with Gasteiger partial charge >= 0.3 is 0 Å². The van der Waals surface area contributed by atoms with E-state index < -0.39 is 11.1 Å². The third-order valence-electron chi connectivity index (χ3n) is 2.29. The third kappa shape index (κ3) is 3.30. The van der Waals surface area contributed by atoms with Crippen molar-refractivity contribution in [2.75, 3.05) is 0 Å². The number of hydrogen-bond donors (Lipinski definition) is 0. The van der Waals surface area contributed by atoms with Crippen LogP contribution in [0.4, 0.5) is 4.39 Å². The Hall–Kier alpha value is -1.35. The highest BCUT2D eigenvalue weighted by Crippen LogP contribution is 2.19. The van der Waals surface area contributed by atoms with Gasteiger partial charge in [-0.1, -0.05) is 52.3 Å². The molecule has 2 rings (SSSR count). The van der Waals surface area contributed by atoms with Gasteiger partial charge in [0.05, 0.1) is 0 Å². The topological polar surface area (TPSA) is 9.23 Å². The van der Waals surface area contributed by atoms with Crippen LogP contribution in [-0.4, -0.2) is 0 Å². The normalized spacial score (nSPS) is 12.8. The van der Waals surface area contributed by atoms with Crippen LogP contribution in [0.5, 0.6) is 5.75 Å². The van der Waals surface area contributed by atoms with Crippen molar-refractivity contribution in [1.82, 2.24) is 0 Å². The second-order valence-electron chi connectivity index (χ2n) is 3.51. The first-order valence-electron chi connectivity index (χ1n) is 6.12.